The molecule has 0 saturated heterocycles. The summed E-state index contributed by atoms with van der Waals surface area (Å²) in [7, 11) is -2.05. The van der Waals surface area contributed by atoms with Crippen molar-refractivity contribution in [3.8, 4) is 0 Å². The number of fused-ring (bicyclic) bond motifs is 2. The number of esters is 1. The van der Waals surface area contributed by atoms with Gasteiger partial charge in [-0.15, -0.1) is 0 Å². The van der Waals surface area contributed by atoms with Gasteiger partial charge in [0.25, 0.3) is 0 Å². The standard InChI is InChI=1S/C23H30O5Si/c1-13-18-16(20(24)14-10-8-9-11-15(14)21(18)25)12-17(28-29(5,6)7)19(13)22(26)27-23(2,3)4/h8-11,13,16,18H,12H2,1-7H3. The highest BCUT2D eigenvalue weighted by Gasteiger charge is 2.50. The zero-order chi connectivity index (χ0) is 21.7. The first kappa shape index (κ1) is 21.5. The normalized spacial score (nSPS) is 24.7. The van der Waals surface area contributed by atoms with Crippen LogP contribution in [0.2, 0.25) is 19.6 Å². The van der Waals surface area contributed by atoms with Crippen LogP contribution in [0.1, 0.15) is 54.8 Å². The zero-order valence-corrected chi connectivity index (χ0v) is 19.3. The number of carbonyl (C=O) groups excluding carboxylic acids is 3. The van der Waals surface area contributed by atoms with Crippen LogP contribution in [-0.2, 0) is 14.0 Å². The summed E-state index contributed by atoms with van der Waals surface area (Å²) in [6.45, 7) is 13.4. The van der Waals surface area contributed by atoms with E-state index in [1.165, 1.54) is 0 Å². The molecule has 3 atom stereocenters. The number of rotatable bonds is 3. The number of ether oxygens (including phenoxy) is 1. The van der Waals surface area contributed by atoms with E-state index in [1.54, 1.807) is 24.3 Å². The Hall–Kier alpha value is -2.21. The van der Waals surface area contributed by atoms with Crippen LogP contribution < -0.4 is 0 Å². The van der Waals surface area contributed by atoms with Crippen molar-refractivity contribution in [2.45, 2.75) is 59.4 Å². The number of Topliss-reactive ketones (excluding diaryl/α,β-unsaturated/α-hetero) is 2. The van der Waals surface area contributed by atoms with Gasteiger partial charge in [-0.25, -0.2) is 4.79 Å². The maximum absolute atomic E-state index is 13.3. The Balaban J connectivity index is 2.10. The molecule has 0 heterocycles. The summed E-state index contributed by atoms with van der Waals surface area (Å²) < 4.78 is 11.9. The molecule has 0 aliphatic heterocycles. The molecule has 1 aromatic rings. The van der Waals surface area contributed by atoms with Crippen molar-refractivity contribution < 1.29 is 23.5 Å². The van der Waals surface area contributed by atoms with Gasteiger partial charge in [-0.2, -0.15) is 0 Å². The van der Waals surface area contributed by atoms with E-state index >= 15 is 0 Å². The molecule has 6 heteroatoms. The highest BCUT2D eigenvalue weighted by atomic mass is 28.4. The van der Waals surface area contributed by atoms with Crippen LogP contribution in [-0.4, -0.2) is 31.5 Å². The summed E-state index contributed by atoms with van der Waals surface area (Å²) >= 11 is 0. The highest BCUT2D eigenvalue weighted by molar-refractivity contribution is 6.70. The Bertz CT molecular complexity index is 901. The molecule has 3 unspecified atom stereocenters. The molecule has 29 heavy (non-hydrogen) atoms. The first-order valence-electron chi connectivity index (χ1n) is 10.1. The summed E-state index contributed by atoms with van der Waals surface area (Å²) in [4.78, 5) is 39.6. The van der Waals surface area contributed by atoms with E-state index in [2.05, 4.69) is 0 Å². The van der Waals surface area contributed by atoms with Crippen LogP contribution in [0.25, 0.3) is 0 Å². The summed E-state index contributed by atoms with van der Waals surface area (Å²) in [6.07, 6.45) is 0.257. The van der Waals surface area contributed by atoms with Gasteiger partial charge in [0.2, 0.25) is 8.32 Å². The average molecular weight is 415 g/mol. The van der Waals surface area contributed by atoms with Crippen molar-refractivity contribution in [3.05, 3.63) is 46.7 Å². The van der Waals surface area contributed by atoms with E-state index in [9.17, 15) is 14.4 Å². The Morgan fingerprint density at radius 1 is 1.03 bits per heavy atom. The first-order valence-corrected chi connectivity index (χ1v) is 13.5. The molecule has 2 aliphatic carbocycles. The minimum absolute atomic E-state index is 0.0445. The first-order chi connectivity index (χ1) is 13.3. The average Bonchev–Trinajstić information content (AvgIpc) is 2.56. The van der Waals surface area contributed by atoms with E-state index in [-0.39, 0.29) is 18.0 Å². The summed E-state index contributed by atoms with van der Waals surface area (Å²) in [5, 5.41) is 0. The second-order valence-electron chi connectivity index (χ2n) is 9.95. The molecule has 2 aliphatic rings. The van der Waals surface area contributed by atoms with Crippen LogP contribution >= 0.6 is 0 Å². The molecule has 0 bridgehead atoms. The van der Waals surface area contributed by atoms with E-state index in [1.807, 2.05) is 47.3 Å². The molecule has 1 aromatic carbocycles. The van der Waals surface area contributed by atoms with Gasteiger partial charge in [-0.1, -0.05) is 31.2 Å². The van der Waals surface area contributed by atoms with Gasteiger partial charge in [0, 0.05) is 35.3 Å². The SMILES string of the molecule is CC1C(C(=O)OC(C)(C)C)=C(O[Si](C)(C)C)CC2C(=O)c3ccccc3C(=O)C12. The minimum Gasteiger partial charge on any atom is -0.547 e. The van der Waals surface area contributed by atoms with E-state index in [4.69, 9.17) is 9.16 Å². The van der Waals surface area contributed by atoms with Gasteiger partial charge in [0.05, 0.1) is 11.3 Å². The monoisotopic (exact) mass is 414 g/mol. The number of carbonyl (C=O) groups is 3. The Morgan fingerprint density at radius 3 is 2.10 bits per heavy atom. The van der Waals surface area contributed by atoms with Gasteiger partial charge in [0.1, 0.15) is 5.60 Å². The maximum atomic E-state index is 13.3. The fourth-order valence-corrected chi connectivity index (χ4v) is 5.21. The lowest BCUT2D eigenvalue weighted by Crippen LogP contribution is -2.46. The fourth-order valence-electron chi connectivity index (χ4n) is 4.28. The predicted molar refractivity (Wildman–Crippen MR) is 113 cm³/mol. The third kappa shape index (κ3) is 4.22. The molecule has 0 radical (unpaired) electrons. The molecule has 0 amide bonds. The molecule has 5 nitrogen and oxygen atoms in total. The van der Waals surface area contributed by atoms with Crippen LogP contribution in [0.5, 0.6) is 0 Å². The Labute approximate surface area is 173 Å². The lowest BCUT2D eigenvalue weighted by molar-refractivity contribution is -0.151. The Morgan fingerprint density at radius 2 is 1.59 bits per heavy atom. The number of hydrogen-bond donors (Lipinski definition) is 0. The van der Waals surface area contributed by atoms with Crippen LogP contribution in [0.3, 0.4) is 0 Å². The van der Waals surface area contributed by atoms with Gasteiger partial charge >= 0.3 is 5.97 Å². The summed E-state index contributed by atoms with van der Waals surface area (Å²) in [5.74, 6) is -1.61. The van der Waals surface area contributed by atoms with Crippen LogP contribution in [0.15, 0.2) is 35.6 Å². The maximum Gasteiger partial charge on any atom is 0.338 e. The Kier molecular flexibility index (Phi) is 5.36. The lowest BCUT2D eigenvalue weighted by atomic mass is 9.63. The number of allylic oxidation sites excluding steroid dienone is 1. The van der Waals surface area contributed by atoms with Crippen molar-refractivity contribution >= 4 is 25.9 Å². The minimum atomic E-state index is -2.05. The third-order valence-electron chi connectivity index (χ3n) is 5.28. The van der Waals surface area contributed by atoms with Gasteiger partial charge in [-0.3, -0.25) is 9.59 Å². The van der Waals surface area contributed by atoms with E-state index in [0.29, 0.717) is 22.5 Å². The second kappa shape index (κ2) is 7.24. The second-order valence-corrected chi connectivity index (χ2v) is 14.4. The van der Waals surface area contributed by atoms with Gasteiger partial charge < -0.3 is 9.16 Å². The van der Waals surface area contributed by atoms with E-state index < -0.39 is 37.6 Å². The van der Waals surface area contributed by atoms with Crippen molar-refractivity contribution in [2.24, 2.45) is 17.8 Å². The number of benzene rings is 1. The molecular weight excluding hydrogens is 384 g/mol. The molecule has 0 N–H and O–H groups in total. The number of ketones is 2. The topological polar surface area (TPSA) is 69.7 Å². The van der Waals surface area contributed by atoms with Crippen molar-refractivity contribution in [1.82, 2.24) is 0 Å². The van der Waals surface area contributed by atoms with Crippen molar-refractivity contribution in [1.29, 1.82) is 0 Å². The highest BCUT2D eigenvalue weighted by Crippen LogP contribution is 2.46. The molecule has 3 rings (SSSR count). The lowest BCUT2D eigenvalue weighted by Gasteiger charge is -2.41. The predicted octanol–water partition coefficient (Wildman–Crippen LogP) is 4.79. The summed E-state index contributed by atoms with van der Waals surface area (Å²) in [5.41, 5.74) is 0.663. The van der Waals surface area contributed by atoms with Gasteiger partial charge in [-0.05, 0) is 40.4 Å². The van der Waals surface area contributed by atoms with Crippen molar-refractivity contribution in [2.75, 3.05) is 0 Å². The molecular formula is C23H30O5Si. The molecule has 0 aromatic heterocycles. The van der Waals surface area contributed by atoms with Gasteiger partial charge in [0.15, 0.2) is 11.6 Å². The smallest absolute Gasteiger partial charge is 0.338 e. The molecule has 156 valence electrons. The molecule has 0 fully saturated rings. The largest absolute Gasteiger partial charge is 0.547 e. The fraction of sp³-hybridized carbons (Fsp3) is 0.522. The van der Waals surface area contributed by atoms with Crippen LogP contribution in [0, 0.1) is 17.8 Å². The zero-order valence-electron chi connectivity index (χ0n) is 18.3. The summed E-state index contributed by atoms with van der Waals surface area (Å²) in [6, 6.07) is 6.95. The van der Waals surface area contributed by atoms with Crippen molar-refractivity contribution in [3.63, 3.8) is 0 Å². The van der Waals surface area contributed by atoms with E-state index in [0.717, 1.165) is 0 Å². The quantitative estimate of drug-likeness (QED) is 0.526. The van der Waals surface area contributed by atoms with Crippen LogP contribution in [0.4, 0.5) is 0 Å². The number of hydrogen-bond acceptors (Lipinski definition) is 5. The third-order valence-corrected chi connectivity index (χ3v) is 6.14. The molecule has 0 saturated carbocycles. The molecule has 0 spiro atoms.